The minimum Gasteiger partial charge on any atom is -0.281 e. The van der Waals surface area contributed by atoms with E-state index in [1.54, 1.807) is 11.4 Å². The molecule has 0 aromatic carbocycles. The monoisotopic (exact) mass is 189 g/mol. The maximum Gasteiger partial charge on any atom is 0.236 e. The molecule has 0 aromatic heterocycles. The molecule has 0 saturated heterocycles. The SMILES string of the molecule is C#CC(C)CCN(C)S(=O)OC. The zero-order valence-electron chi connectivity index (χ0n) is 7.74. The van der Waals surface area contributed by atoms with E-state index >= 15 is 0 Å². The molecule has 0 fully saturated rings. The molecule has 0 N–H and O–H groups in total. The van der Waals surface area contributed by atoms with Crippen LogP contribution in [0.3, 0.4) is 0 Å². The highest BCUT2D eigenvalue weighted by Gasteiger charge is 2.07. The Labute approximate surface area is 76.9 Å². The van der Waals surface area contributed by atoms with Crippen molar-refractivity contribution in [3.8, 4) is 12.3 Å². The van der Waals surface area contributed by atoms with Crippen molar-refractivity contribution in [2.24, 2.45) is 5.92 Å². The quantitative estimate of drug-likeness (QED) is 0.599. The van der Waals surface area contributed by atoms with E-state index in [0.29, 0.717) is 6.54 Å². The second-order valence-corrected chi connectivity index (χ2v) is 3.98. The van der Waals surface area contributed by atoms with Crippen LogP contribution in [0.4, 0.5) is 0 Å². The Hall–Kier alpha value is -0.370. The fraction of sp³-hybridized carbons (Fsp3) is 0.750. The van der Waals surface area contributed by atoms with Crippen LogP contribution in [0.1, 0.15) is 13.3 Å². The lowest BCUT2D eigenvalue weighted by Crippen LogP contribution is -2.24. The van der Waals surface area contributed by atoms with Crippen LogP contribution in [-0.2, 0) is 15.4 Å². The van der Waals surface area contributed by atoms with Crippen molar-refractivity contribution >= 4 is 11.3 Å². The highest BCUT2D eigenvalue weighted by Crippen LogP contribution is 2.02. The topological polar surface area (TPSA) is 29.5 Å². The van der Waals surface area contributed by atoms with Crippen molar-refractivity contribution in [1.82, 2.24) is 4.31 Å². The molecule has 3 nitrogen and oxygen atoms in total. The van der Waals surface area contributed by atoms with Gasteiger partial charge in [-0.3, -0.25) is 4.18 Å². The van der Waals surface area contributed by atoms with Gasteiger partial charge >= 0.3 is 0 Å². The van der Waals surface area contributed by atoms with Crippen LogP contribution in [0.15, 0.2) is 0 Å². The molecule has 0 amide bonds. The summed E-state index contributed by atoms with van der Waals surface area (Å²) in [4.78, 5) is 0. The van der Waals surface area contributed by atoms with Crippen LogP contribution in [0.2, 0.25) is 0 Å². The molecule has 70 valence electrons. The number of rotatable bonds is 5. The van der Waals surface area contributed by atoms with Gasteiger partial charge in [0.05, 0.1) is 7.11 Å². The summed E-state index contributed by atoms with van der Waals surface area (Å²) in [5.74, 6) is 2.83. The predicted octanol–water partition coefficient (Wildman–Crippen LogP) is 0.803. The molecule has 0 aromatic rings. The first-order valence-electron chi connectivity index (χ1n) is 3.75. The van der Waals surface area contributed by atoms with Crippen molar-refractivity contribution in [1.29, 1.82) is 0 Å². The Morgan fingerprint density at radius 3 is 2.75 bits per heavy atom. The maximum atomic E-state index is 11.0. The summed E-state index contributed by atoms with van der Waals surface area (Å²) in [5.41, 5.74) is 0. The van der Waals surface area contributed by atoms with Crippen LogP contribution in [0.5, 0.6) is 0 Å². The molecule has 2 unspecified atom stereocenters. The summed E-state index contributed by atoms with van der Waals surface area (Å²) >= 11 is -1.33. The Balaban J connectivity index is 3.65. The Morgan fingerprint density at radius 2 is 2.33 bits per heavy atom. The summed E-state index contributed by atoms with van der Waals surface area (Å²) < 4.78 is 17.2. The first kappa shape index (κ1) is 11.6. The molecule has 4 heteroatoms. The number of nitrogens with zero attached hydrogens (tertiary/aromatic N) is 1. The largest absolute Gasteiger partial charge is 0.281 e. The third-order valence-electron chi connectivity index (χ3n) is 1.56. The first-order valence-corrected chi connectivity index (χ1v) is 4.78. The maximum absolute atomic E-state index is 11.0. The van der Waals surface area contributed by atoms with E-state index in [0.717, 1.165) is 6.42 Å². The van der Waals surface area contributed by atoms with E-state index < -0.39 is 11.3 Å². The van der Waals surface area contributed by atoms with E-state index in [1.807, 2.05) is 6.92 Å². The molecule has 0 heterocycles. The van der Waals surface area contributed by atoms with E-state index in [1.165, 1.54) is 7.11 Å². The van der Waals surface area contributed by atoms with Crippen molar-refractivity contribution in [3.05, 3.63) is 0 Å². The van der Waals surface area contributed by atoms with Crippen LogP contribution in [0.25, 0.3) is 0 Å². The molecule has 0 aliphatic heterocycles. The normalized spacial score (nSPS) is 15.6. The summed E-state index contributed by atoms with van der Waals surface area (Å²) in [5, 5.41) is 0. The van der Waals surface area contributed by atoms with Gasteiger partial charge in [0.15, 0.2) is 0 Å². The molecule has 0 bridgehead atoms. The molecule has 0 spiro atoms. The summed E-state index contributed by atoms with van der Waals surface area (Å²) in [7, 11) is 3.15. The van der Waals surface area contributed by atoms with Crippen molar-refractivity contribution < 1.29 is 8.39 Å². The van der Waals surface area contributed by atoms with E-state index in [4.69, 9.17) is 6.42 Å². The highest BCUT2D eigenvalue weighted by atomic mass is 32.2. The van der Waals surface area contributed by atoms with Crippen molar-refractivity contribution in [2.75, 3.05) is 20.7 Å². The second-order valence-electron chi connectivity index (χ2n) is 2.59. The lowest BCUT2D eigenvalue weighted by Gasteiger charge is -2.13. The van der Waals surface area contributed by atoms with Crippen LogP contribution in [-0.4, -0.2) is 29.2 Å². The summed E-state index contributed by atoms with van der Waals surface area (Å²) in [6.45, 7) is 2.65. The molecule has 0 aliphatic rings. The fourth-order valence-electron chi connectivity index (χ4n) is 0.661. The van der Waals surface area contributed by atoms with Gasteiger partial charge in [-0.05, 0) is 6.42 Å². The minimum atomic E-state index is -1.33. The smallest absolute Gasteiger partial charge is 0.236 e. The van der Waals surface area contributed by atoms with Gasteiger partial charge in [0.1, 0.15) is 0 Å². The van der Waals surface area contributed by atoms with Gasteiger partial charge in [-0.2, -0.15) is 0 Å². The number of hydrogen-bond acceptors (Lipinski definition) is 2. The average Bonchev–Trinajstić information content (AvgIpc) is 2.11. The summed E-state index contributed by atoms with van der Waals surface area (Å²) in [6.07, 6.45) is 6.03. The summed E-state index contributed by atoms with van der Waals surface area (Å²) in [6, 6.07) is 0. The zero-order chi connectivity index (χ0) is 9.56. The van der Waals surface area contributed by atoms with Gasteiger partial charge in [-0.15, -0.1) is 12.3 Å². The lowest BCUT2D eigenvalue weighted by atomic mass is 10.1. The predicted molar refractivity (Wildman–Crippen MR) is 50.4 cm³/mol. The lowest BCUT2D eigenvalue weighted by molar-refractivity contribution is 0.375. The van der Waals surface area contributed by atoms with E-state index in [2.05, 4.69) is 10.1 Å². The molecule has 0 rings (SSSR count). The van der Waals surface area contributed by atoms with Gasteiger partial charge in [-0.1, -0.05) is 6.92 Å². The average molecular weight is 189 g/mol. The standard InChI is InChI=1S/C8H15NO2S/c1-5-8(2)6-7-9(3)12(10)11-4/h1,8H,6-7H2,2-4H3. The first-order chi connectivity index (χ1) is 5.61. The molecule has 2 atom stereocenters. The van der Waals surface area contributed by atoms with E-state index in [-0.39, 0.29) is 5.92 Å². The van der Waals surface area contributed by atoms with Crippen LogP contribution >= 0.6 is 0 Å². The molecule has 0 aliphatic carbocycles. The third kappa shape index (κ3) is 4.50. The molecule has 0 radical (unpaired) electrons. The van der Waals surface area contributed by atoms with Gasteiger partial charge in [0, 0.05) is 19.5 Å². The Morgan fingerprint density at radius 1 is 1.75 bits per heavy atom. The molecule has 12 heavy (non-hydrogen) atoms. The van der Waals surface area contributed by atoms with Crippen LogP contribution < -0.4 is 0 Å². The second kappa shape index (κ2) is 6.18. The number of hydrogen-bond donors (Lipinski definition) is 0. The third-order valence-corrected chi connectivity index (χ3v) is 2.54. The Kier molecular flexibility index (Phi) is 5.99. The molecular weight excluding hydrogens is 174 g/mol. The minimum absolute atomic E-state index is 0.223. The van der Waals surface area contributed by atoms with Gasteiger partial charge < -0.3 is 0 Å². The molecule has 0 saturated carbocycles. The Bertz CT molecular complexity index is 188. The zero-order valence-corrected chi connectivity index (χ0v) is 8.56. The molecular formula is C8H15NO2S. The van der Waals surface area contributed by atoms with Crippen LogP contribution in [0, 0.1) is 18.3 Å². The van der Waals surface area contributed by atoms with Gasteiger partial charge in [-0.25, -0.2) is 8.51 Å². The van der Waals surface area contributed by atoms with Crippen molar-refractivity contribution in [3.63, 3.8) is 0 Å². The highest BCUT2D eigenvalue weighted by molar-refractivity contribution is 7.77. The fourth-order valence-corrected chi connectivity index (χ4v) is 1.17. The van der Waals surface area contributed by atoms with E-state index in [9.17, 15) is 4.21 Å². The number of terminal acetylenes is 1. The van der Waals surface area contributed by atoms with Crippen molar-refractivity contribution in [2.45, 2.75) is 13.3 Å². The van der Waals surface area contributed by atoms with Gasteiger partial charge in [0.25, 0.3) is 0 Å². The van der Waals surface area contributed by atoms with Gasteiger partial charge in [0.2, 0.25) is 11.3 Å².